The number of hydrogen-bond donors (Lipinski definition) is 1. The molecular formula is C13H16BrNO3. The molecule has 0 aromatic heterocycles. The summed E-state index contributed by atoms with van der Waals surface area (Å²) in [5, 5.41) is 3.05. The van der Waals surface area contributed by atoms with Crippen molar-refractivity contribution < 1.29 is 14.3 Å². The van der Waals surface area contributed by atoms with Crippen LogP contribution in [-0.2, 0) is 9.53 Å². The highest BCUT2D eigenvalue weighted by molar-refractivity contribution is 9.09. The van der Waals surface area contributed by atoms with Gasteiger partial charge in [-0.3, -0.25) is 4.79 Å². The number of alkyl halides is 1. The van der Waals surface area contributed by atoms with Crippen molar-refractivity contribution in [1.29, 1.82) is 0 Å². The van der Waals surface area contributed by atoms with Gasteiger partial charge in [0.1, 0.15) is 12.4 Å². The Morgan fingerprint density at radius 3 is 2.83 bits per heavy atom. The van der Waals surface area contributed by atoms with Crippen LogP contribution in [0.4, 0.5) is 5.69 Å². The number of hydrogen-bond acceptors (Lipinski definition) is 3. The molecule has 1 amide bonds. The lowest BCUT2D eigenvalue weighted by atomic mass is 10.2. The molecule has 4 nitrogen and oxygen atoms in total. The van der Waals surface area contributed by atoms with Crippen LogP contribution in [0.3, 0.4) is 0 Å². The molecule has 1 aliphatic heterocycles. The lowest BCUT2D eigenvalue weighted by molar-refractivity contribution is -0.113. The number of benzene rings is 1. The highest BCUT2D eigenvalue weighted by Crippen LogP contribution is 2.18. The molecule has 0 saturated carbocycles. The first-order valence-electron chi connectivity index (χ1n) is 5.98. The number of nitrogens with one attached hydrogen (secondary N) is 1. The van der Waals surface area contributed by atoms with Crippen molar-refractivity contribution in [2.75, 3.05) is 23.9 Å². The molecule has 1 atom stereocenters. The molecule has 1 aromatic rings. The average Bonchev–Trinajstić information content (AvgIpc) is 2.91. The van der Waals surface area contributed by atoms with Crippen molar-refractivity contribution in [1.82, 2.24) is 0 Å². The third-order valence-electron chi connectivity index (χ3n) is 2.72. The molecule has 98 valence electrons. The largest absolute Gasteiger partial charge is 0.491 e. The minimum atomic E-state index is -0.0666. The van der Waals surface area contributed by atoms with Crippen LogP contribution in [0.1, 0.15) is 12.8 Å². The Balaban J connectivity index is 1.81. The van der Waals surface area contributed by atoms with E-state index in [0.29, 0.717) is 11.9 Å². The molecule has 0 radical (unpaired) electrons. The van der Waals surface area contributed by atoms with Crippen LogP contribution in [0.25, 0.3) is 0 Å². The Bertz CT molecular complexity index is 388. The Kier molecular flexibility index (Phi) is 5.01. The van der Waals surface area contributed by atoms with Gasteiger partial charge < -0.3 is 14.8 Å². The summed E-state index contributed by atoms with van der Waals surface area (Å²) in [4.78, 5) is 11.2. The van der Waals surface area contributed by atoms with Gasteiger partial charge in [0.25, 0.3) is 0 Å². The third-order valence-corrected chi connectivity index (χ3v) is 3.23. The van der Waals surface area contributed by atoms with E-state index in [1.807, 2.05) is 24.3 Å². The molecule has 0 spiro atoms. The van der Waals surface area contributed by atoms with Gasteiger partial charge in [-0.25, -0.2) is 0 Å². The van der Waals surface area contributed by atoms with E-state index in [9.17, 15) is 4.79 Å². The van der Waals surface area contributed by atoms with Gasteiger partial charge in [0.05, 0.1) is 11.4 Å². The first kappa shape index (κ1) is 13.4. The molecule has 1 aromatic carbocycles. The fraction of sp³-hybridized carbons (Fsp3) is 0.462. The molecule has 1 saturated heterocycles. The second-order valence-electron chi connectivity index (χ2n) is 4.15. The fourth-order valence-corrected chi connectivity index (χ4v) is 1.93. The van der Waals surface area contributed by atoms with Crippen LogP contribution in [0.2, 0.25) is 0 Å². The minimum Gasteiger partial charge on any atom is -0.491 e. The molecule has 0 unspecified atom stereocenters. The van der Waals surface area contributed by atoms with Gasteiger partial charge in [0.15, 0.2) is 0 Å². The summed E-state index contributed by atoms with van der Waals surface area (Å²) >= 11 is 3.10. The van der Waals surface area contributed by atoms with Gasteiger partial charge in [-0.2, -0.15) is 0 Å². The van der Waals surface area contributed by atoms with Gasteiger partial charge in [-0.1, -0.05) is 15.9 Å². The number of anilines is 1. The van der Waals surface area contributed by atoms with E-state index in [4.69, 9.17) is 9.47 Å². The highest BCUT2D eigenvalue weighted by Gasteiger charge is 2.15. The summed E-state index contributed by atoms with van der Waals surface area (Å²) in [5.41, 5.74) is 0.768. The maximum absolute atomic E-state index is 11.2. The minimum absolute atomic E-state index is 0.0666. The maximum Gasteiger partial charge on any atom is 0.235 e. The summed E-state index contributed by atoms with van der Waals surface area (Å²) in [7, 11) is 0. The van der Waals surface area contributed by atoms with Crippen molar-refractivity contribution in [3.63, 3.8) is 0 Å². The molecule has 2 rings (SSSR count). The summed E-state index contributed by atoms with van der Waals surface area (Å²) in [6.45, 7) is 1.43. The standard InChI is InChI=1S/C13H16BrNO3/c14-8-13(16)15-10-3-5-11(6-4-10)18-9-12-2-1-7-17-12/h3-6,12H,1-2,7-9H2,(H,15,16)/t12-/m0/s1. The predicted molar refractivity (Wildman–Crippen MR) is 73.3 cm³/mol. The van der Waals surface area contributed by atoms with Gasteiger partial charge in [0, 0.05) is 12.3 Å². The number of ether oxygens (including phenoxy) is 2. The second-order valence-corrected chi connectivity index (χ2v) is 4.71. The quantitative estimate of drug-likeness (QED) is 0.850. The van der Waals surface area contributed by atoms with E-state index < -0.39 is 0 Å². The number of carbonyl (C=O) groups excluding carboxylic acids is 1. The van der Waals surface area contributed by atoms with Crippen molar-refractivity contribution in [2.24, 2.45) is 0 Å². The zero-order valence-corrected chi connectivity index (χ0v) is 11.6. The summed E-state index contributed by atoms with van der Waals surface area (Å²) < 4.78 is 11.1. The Morgan fingerprint density at radius 2 is 2.22 bits per heavy atom. The molecule has 1 aliphatic rings. The second kappa shape index (κ2) is 6.75. The number of carbonyl (C=O) groups is 1. The Hall–Kier alpha value is -1.07. The van der Waals surface area contributed by atoms with Crippen molar-refractivity contribution in [3.8, 4) is 5.75 Å². The average molecular weight is 314 g/mol. The Labute approximate surface area is 115 Å². The number of rotatable bonds is 5. The molecule has 0 aliphatic carbocycles. The Morgan fingerprint density at radius 1 is 1.44 bits per heavy atom. The highest BCUT2D eigenvalue weighted by atomic mass is 79.9. The SMILES string of the molecule is O=C(CBr)Nc1ccc(OC[C@@H]2CCCO2)cc1. The van der Waals surface area contributed by atoms with Crippen molar-refractivity contribution >= 4 is 27.5 Å². The smallest absolute Gasteiger partial charge is 0.235 e. The lowest BCUT2D eigenvalue weighted by Crippen LogP contribution is -2.16. The fourth-order valence-electron chi connectivity index (χ4n) is 1.79. The van der Waals surface area contributed by atoms with Crippen LogP contribution in [0, 0.1) is 0 Å². The number of halogens is 1. The van der Waals surface area contributed by atoms with Crippen molar-refractivity contribution in [2.45, 2.75) is 18.9 Å². The molecule has 18 heavy (non-hydrogen) atoms. The van der Waals surface area contributed by atoms with Crippen molar-refractivity contribution in [3.05, 3.63) is 24.3 Å². The van der Waals surface area contributed by atoms with E-state index in [1.165, 1.54) is 0 Å². The molecular weight excluding hydrogens is 298 g/mol. The topological polar surface area (TPSA) is 47.6 Å². The van der Waals surface area contributed by atoms with E-state index in [-0.39, 0.29) is 12.0 Å². The van der Waals surface area contributed by atoms with Crippen LogP contribution < -0.4 is 10.1 Å². The number of amides is 1. The molecule has 1 fully saturated rings. The maximum atomic E-state index is 11.2. The normalized spacial score (nSPS) is 18.6. The van der Waals surface area contributed by atoms with Crippen LogP contribution in [0.5, 0.6) is 5.75 Å². The molecule has 1 N–H and O–H groups in total. The first-order chi connectivity index (χ1) is 8.78. The third kappa shape index (κ3) is 3.99. The monoisotopic (exact) mass is 313 g/mol. The van der Waals surface area contributed by atoms with Crippen LogP contribution in [-0.4, -0.2) is 30.6 Å². The molecule has 1 heterocycles. The first-order valence-corrected chi connectivity index (χ1v) is 7.10. The van der Waals surface area contributed by atoms with Gasteiger partial charge in [-0.15, -0.1) is 0 Å². The van der Waals surface area contributed by atoms with Gasteiger partial charge in [0.2, 0.25) is 5.91 Å². The molecule has 5 heteroatoms. The summed E-state index contributed by atoms with van der Waals surface area (Å²) in [6.07, 6.45) is 2.41. The van der Waals surface area contributed by atoms with E-state index in [1.54, 1.807) is 0 Å². The van der Waals surface area contributed by atoms with Gasteiger partial charge >= 0.3 is 0 Å². The lowest BCUT2D eigenvalue weighted by Gasteiger charge is -2.11. The predicted octanol–water partition coefficient (Wildman–Crippen LogP) is 2.58. The van der Waals surface area contributed by atoms with Crippen LogP contribution in [0.15, 0.2) is 24.3 Å². The summed E-state index contributed by atoms with van der Waals surface area (Å²) in [5.74, 6) is 0.727. The van der Waals surface area contributed by atoms with Gasteiger partial charge in [-0.05, 0) is 37.1 Å². The van der Waals surface area contributed by atoms with E-state index in [0.717, 1.165) is 30.9 Å². The van der Waals surface area contributed by atoms with Crippen LogP contribution >= 0.6 is 15.9 Å². The van der Waals surface area contributed by atoms with E-state index in [2.05, 4.69) is 21.2 Å². The van der Waals surface area contributed by atoms with E-state index >= 15 is 0 Å². The summed E-state index contributed by atoms with van der Waals surface area (Å²) in [6, 6.07) is 7.34. The zero-order valence-electron chi connectivity index (χ0n) is 10.0. The molecule has 0 bridgehead atoms. The zero-order chi connectivity index (χ0) is 12.8.